The Morgan fingerprint density at radius 1 is 1.15 bits per heavy atom. The van der Waals surface area contributed by atoms with Crippen LogP contribution in [-0.4, -0.2) is 27.6 Å². The van der Waals surface area contributed by atoms with Crippen molar-refractivity contribution < 1.29 is 9.21 Å². The monoisotopic (exact) mass is 349 g/mol. The third-order valence-electron chi connectivity index (χ3n) is 4.36. The summed E-state index contributed by atoms with van der Waals surface area (Å²) in [5, 5.41) is 4.63. The molecule has 1 aromatic carbocycles. The Kier molecular flexibility index (Phi) is 5.07. The second-order valence-electron chi connectivity index (χ2n) is 6.37. The summed E-state index contributed by atoms with van der Waals surface area (Å²) < 4.78 is 7.37. The molecule has 0 spiro atoms. The van der Waals surface area contributed by atoms with E-state index in [0.29, 0.717) is 12.3 Å². The lowest BCUT2D eigenvalue weighted by Crippen LogP contribution is -2.24. The molecule has 0 atom stereocenters. The zero-order valence-corrected chi connectivity index (χ0v) is 15.6. The van der Waals surface area contributed by atoms with Gasteiger partial charge in [-0.1, -0.05) is 18.2 Å². The lowest BCUT2D eigenvalue weighted by atomic mass is 10.2. The number of para-hydroxylation sites is 1. The van der Waals surface area contributed by atoms with Crippen molar-refractivity contribution in [2.75, 3.05) is 7.05 Å². The van der Waals surface area contributed by atoms with Crippen LogP contribution >= 0.6 is 0 Å². The van der Waals surface area contributed by atoms with Gasteiger partial charge in [0, 0.05) is 30.9 Å². The molecule has 0 saturated carbocycles. The molecule has 26 heavy (non-hydrogen) atoms. The van der Waals surface area contributed by atoms with Crippen LogP contribution in [-0.2, 0) is 11.3 Å². The predicted octanol–water partition coefficient (Wildman–Crippen LogP) is 4.06. The van der Waals surface area contributed by atoms with Gasteiger partial charge in [0.2, 0.25) is 5.91 Å². The number of nitrogens with zero attached hydrogens (tertiary/aromatic N) is 3. The van der Waals surface area contributed by atoms with Gasteiger partial charge in [0.1, 0.15) is 11.5 Å². The number of furan rings is 1. The number of aryl methyl sites for hydroxylation is 2. The molecule has 0 aliphatic rings. The van der Waals surface area contributed by atoms with Gasteiger partial charge in [-0.25, -0.2) is 4.68 Å². The highest BCUT2D eigenvalue weighted by Gasteiger charge is 2.16. The Bertz CT molecular complexity index is 936. The number of benzene rings is 1. The van der Waals surface area contributed by atoms with Crippen molar-refractivity contribution in [1.82, 2.24) is 14.7 Å². The van der Waals surface area contributed by atoms with Crippen molar-refractivity contribution >= 4 is 12.0 Å². The van der Waals surface area contributed by atoms with Crippen LogP contribution in [0.25, 0.3) is 11.8 Å². The Balaban J connectivity index is 1.75. The molecule has 0 unspecified atom stereocenters. The molecule has 0 bridgehead atoms. The number of aromatic nitrogens is 2. The number of hydrogen-bond donors (Lipinski definition) is 0. The minimum atomic E-state index is -0.0784. The van der Waals surface area contributed by atoms with Gasteiger partial charge >= 0.3 is 0 Å². The van der Waals surface area contributed by atoms with Crippen LogP contribution in [0.1, 0.15) is 28.5 Å². The summed E-state index contributed by atoms with van der Waals surface area (Å²) in [5.41, 5.74) is 4.05. The standard InChI is InChI=1S/C21H23N3O2/c1-15-10-11-19(26-15)12-13-21(25)23(4)14-20-16(2)22-24(17(20)3)18-8-6-5-7-9-18/h5-13H,14H2,1-4H3/b13-12+. The maximum Gasteiger partial charge on any atom is 0.246 e. The van der Waals surface area contributed by atoms with E-state index in [0.717, 1.165) is 28.4 Å². The Labute approximate surface area is 153 Å². The van der Waals surface area contributed by atoms with Crippen LogP contribution in [0.3, 0.4) is 0 Å². The molecular formula is C21H23N3O2. The Morgan fingerprint density at radius 2 is 1.88 bits per heavy atom. The van der Waals surface area contributed by atoms with Crippen LogP contribution in [0.15, 0.2) is 53.0 Å². The van der Waals surface area contributed by atoms with Gasteiger partial charge in [-0.3, -0.25) is 4.79 Å². The van der Waals surface area contributed by atoms with Crippen molar-refractivity contribution in [2.45, 2.75) is 27.3 Å². The van der Waals surface area contributed by atoms with Crippen LogP contribution in [0.5, 0.6) is 0 Å². The number of carbonyl (C=O) groups excluding carboxylic acids is 1. The predicted molar refractivity (Wildman–Crippen MR) is 102 cm³/mol. The first-order chi connectivity index (χ1) is 12.5. The smallest absolute Gasteiger partial charge is 0.246 e. The topological polar surface area (TPSA) is 51.3 Å². The Hall–Kier alpha value is -3.08. The summed E-state index contributed by atoms with van der Waals surface area (Å²) in [4.78, 5) is 14.1. The number of carbonyl (C=O) groups is 1. The van der Waals surface area contributed by atoms with E-state index >= 15 is 0 Å². The third-order valence-corrected chi connectivity index (χ3v) is 4.36. The van der Waals surface area contributed by atoms with Gasteiger partial charge in [0.05, 0.1) is 11.4 Å². The van der Waals surface area contributed by atoms with E-state index in [9.17, 15) is 4.79 Å². The van der Waals surface area contributed by atoms with Gasteiger partial charge in [-0.2, -0.15) is 5.10 Å². The molecule has 3 aromatic rings. The van der Waals surface area contributed by atoms with Crippen LogP contribution in [0, 0.1) is 20.8 Å². The maximum atomic E-state index is 12.4. The number of rotatable bonds is 5. The minimum absolute atomic E-state index is 0.0784. The fourth-order valence-electron chi connectivity index (χ4n) is 2.86. The molecule has 0 aliphatic heterocycles. The average Bonchev–Trinajstić information content (AvgIpc) is 3.18. The zero-order valence-electron chi connectivity index (χ0n) is 15.6. The molecule has 5 heteroatoms. The first kappa shape index (κ1) is 17.7. The highest BCUT2D eigenvalue weighted by Crippen LogP contribution is 2.19. The number of amides is 1. The van der Waals surface area contributed by atoms with Gasteiger partial charge in [-0.15, -0.1) is 0 Å². The van der Waals surface area contributed by atoms with E-state index in [1.807, 2.05) is 67.9 Å². The third kappa shape index (κ3) is 3.77. The van der Waals surface area contributed by atoms with E-state index < -0.39 is 0 Å². The highest BCUT2D eigenvalue weighted by molar-refractivity contribution is 5.91. The van der Waals surface area contributed by atoms with Gasteiger partial charge in [-0.05, 0) is 51.1 Å². The second kappa shape index (κ2) is 7.44. The Morgan fingerprint density at radius 3 is 2.54 bits per heavy atom. The maximum absolute atomic E-state index is 12.4. The average molecular weight is 349 g/mol. The van der Waals surface area contributed by atoms with Crippen molar-refractivity contribution in [3.8, 4) is 5.69 Å². The lowest BCUT2D eigenvalue weighted by molar-refractivity contribution is -0.125. The van der Waals surface area contributed by atoms with Gasteiger partial charge < -0.3 is 9.32 Å². The lowest BCUT2D eigenvalue weighted by Gasteiger charge is -2.15. The quantitative estimate of drug-likeness (QED) is 0.653. The van der Waals surface area contributed by atoms with Crippen molar-refractivity contribution in [3.05, 3.63) is 77.0 Å². The van der Waals surface area contributed by atoms with E-state index in [1.165, 1.54) is 6.08 Å². The molecule has 0 saturated heterocycles. The molecule has 134 valence electrons. The van der Waals surface area contributed by atoms with E-state index in [4.69, 9.17) is 4.42 Å². The normalized spacial score (nSPS) is 11.2. The van der Waals surface area contributed by atoms with Crippen LogP contribution in [0.4, 0.5) is 0 Å². The largest absolute Gasteiger partial charge is 0.462 e. The summed E-state index contributed by atoms with van der Waals surface area (Å²) in [5.74, 6) is 1.42. The first-order valence-corrected chi connectivity index (χ1v) is 8.56. The highest BCUT2D eigenvalue weighted by atomic mass is 16.3. The molecule has 0 N–H and O–H groups in total. The number of hydrogen-bond acceptors (Lipinski definition) is 3. The van der Waals surface area contributed by atoms with E-state index in [2.05, 4.69) is 5.10 Å². The summed E-state index contributed by atoms with van der Waals surface area (Å²) >= 11 is 0. The van der Waals surface area contributed by atoms with E-state index in [-0.39, 0.29) is 5.91 Å². The fourth-order valence-corrected chi connectivity index (χ4v) is 2.86. The fraction of sp³-hybridized carbons (Fsp3) is 0.238. The van der Waals surface area contributed by atoms with Crippen LogP contribution < -0.4 is 0 Å². The molecular weight excluding hydrogens is 326 g/mol. The molecule has 0 radical (unpaired) electrons. The molecule has 0 aliphatic carbocycles. The summed E-state index contributed by atoms with van der Waals surface area (Å²) in [6, 6.07) is 13.7. The zero-order chi connectivity index (χ0) is 18.7. The van der Waals surface area contributed by atoms with Gasteiger partial charge in [0.15, 0.2) is 0 Å². The first-order valence-electron chi connectivity index (χ1n) is 8.56. The van der Waals surface area contributed by atoms with Crippen molar-refractivity contribution in [3.63, 3.8) is 0 Å². The summed E-state index contributed by atoms with van der Waals surface area (Å²) in [6.45, 7) is 6.38. The van der Waals surface area contributed by atoms with Crippen LogP contribution in [0.2, 0.25) is 0 Å². The second-order valence-corrected chi connectivity index (χ2v) is 6.37. The summed E-state index contributed by atoms with van der Waals surface area (Å²) in [6.07, 6.45) is 3.23. The van der Waals surface area contributed by atoms with Gasteiger partial charge in [0.25, 0.3) is 0 Å². The molecule has 0 fully saturated rings. The number of likely N-dealkylation sites (N-methyl/N-ethyl adjacent to an activating group) is 1. The van der Waals surface area contributed by atoms with E-state index in [1.54, 1.807) is 18.0 Å². The van der Waals surface area contributed by atoms with Crippen molar-refractivity contribution in [2.24, 2.45) is 0 Å². The molecule has 5 nitrogen and oxygen atoms in total. The summed E-state index contributed by atoms with van der Waals surface area (Å²) in [7, 11) is 1.79. The SMILES string of the molecule is Cc1ccc(/C=C/C(=O)N(C)Cc2c(C)nn(-c3ccccc3)c2C)o1. The molecule has 3 rings (SSSR count). The molecule has 2 heterocycles. The minimum Gasteiger partial charge on any atom is -0.462 e. The molecule has 2 aromatic heterocycles. The molecule has 1 amide bonds. The van der Waals surface area contributed by atoms with Crippen molar-refractivity contribution in [1.29, 1.82) is 0 Å².